The van der Waals surface area contributed by atoms with Crippen LogP contribution in [0.4, 0.5) is 4.39 Å². The highest BCUT2D eigenvalue weighted by molar-refractivity contribution is 5.32. The van der Waals surface area contributed by atoms with Gasteiger partial charge in [-0.15, -0.1) is 0 Å². The SMILES string of the molecule is CCC(CC1CC1)NCc1ccc(C#N)cc1F. The molecule has 0 radical (unpaired) electrons. The standard InChI is InChI=1S/C15H19FN2/c1-2-14(7-11-3-4-11)18-10-13-6-5-12(9-17)8-15(13)16/h5-6,8,11,14,18H,2-4,7,10H2,1H3. The predicted molar refractivity (Wildman–Crippen MR) is 69.4 cm³/mol. The van der Waals surface area contributed by atoms with Crippen LogP contribution in [-0.2, 0) is 6.54 Å². The van der Waals surface area contributed by atoms with E-state index in [1.54, 1.807) is 12.1 Å². The van der Waals surface area contributed by atoms with Crippen LogP contribution in [-0.4, -0.2) is 6.04 Å². The third kappa shape index (κ3) is 3.54. The van der Waals surface area contributed by atoms with E-state index in [0.29, 0.717) is 23.7 Å². The monoisotopic (exact) mass is 246 g/mol. The zero-order valence-electron chi connectivity index (χ0n) is 10.7. The molecular formula is C15H19FN2. The van der Waals surface area contributed by atoms with Crippen molar-refractivity contribution in [2.24, 2.45) is 5.92 Å². The Morgan fingerprint density at radius 3 is 2.83 bits per heavy atom. The molecular weight excluding hydrogens is 227 g/mol. The van der Waals surface area contributed by atoms with E-state index in [1.807, 2.05) is 6.07 Å². The fraction of sp³-hybridized carbons (Fsp3) is 0.533. The van der Waals surface area contributed by atoms with Crippen molar-refractivity contribution in [2.75, 3.05) is 0 Å². The summed E-state index contributed by atoms with van der Waals surface area (Å²) in [6.07, 6.45) is 4.98. The molecule has 2 rings (SSSR count). The molecule has 0 spiro atoms. The summed E-state index contributed by atoms with van der Waals surface area (Å²) in [6.45, 7) is 2.71. The molecule has 1 aliphatic carbocycles. The lowest BCUT2D eigenvalue weighted by Crippen LogP contribution is -2.28. The summed E-state index contributed by atoms with van der Waals surface area (Å²) in [5.74, 6) is 0.594. The molecule has 1 aromatic rings. The first-order valence-electron chi connectivity index (χ1n) is 6.64. The minimum Gasteiger partial charge on any atom is -0.310 e. The van der Waals surface area contributed by atoms with E-state index in [9.17, 15) is 4.39 Å². The molecule has 1 aliphatic rings. The normalized spacial score (nSPS) is 16.3. The zero-order chi connectivity index (χ0) is 13.0. The van der Waals surface area contributed by atoms with Crippen molar-refractivity contribution >= 4 is 0 Å². The van der Waals surface area contributed by atoms with Gasteiger partial charge in [0.1, 0.15) is 5.82 Å². The van der Waals surface area contributed by atoms with Crippen molar-refractivity contribution in [2.45, 2.75) is 45.2 Å². The zero-order valence-corrected chi connectivity index (χ0v) is 10.7. The largest absolute Gasteiger partial charge is 0.310 e. The number of nitrogens with zero attached hydrogens (tertiary/aromatic N) is 1. The fourth-order valence-corrected chi connectivity index (χ4v) is 2.16. The van der Waals surface area contributed by atoms with Crippen LogP contribution in [0.5, 0.6) is 0 Å². The Morgan fingerprint density at radius 1 is 1.50 bits per heavy atom. The predicted octanol–water partition coefficient (Wildman–Crippen LogP) is 3.37. The van der Waals surface area contributed by atoms with Crippen LogP contribution in [0.15, 0.2) is 18.2 Å². The van der Waals surface area contributed by atoms with Crippen LogP contribution in [0.3, 0.4) is 0 Å². The molecule has 1 N–H and O–H groups in total. The lowest BCUT2D eigenvalue weighted by atomic mass is 10.1. The molecule has 18 heavy (non-hydrogen) atoms. The van der Waals surface area contributed by atoms with Crippen LogP contribution in [0.2, 0.25) is 0 Å². The summed E-state index contributed by atoms with van der Waals surface area (Å²) in [6, 6.07) is 7.10. The summed E-state index contributed by atoms with van der Waals surface area (Å²) in [5, 5.41) is 12.1. The first-order chi connectivity index (χ1) is 8.72. The van der Waals surface area contributed by atoms with Crippen LogP contribution >= 0.6 is 0 Å². The Balaban J connectivity index is 1.90. The molecule has 1 aromatic carbocycles. The molecule has 0 aromatic heterocycles. The summed E-state index contributed by atoms with van der Waals surface area (Å²) in [7, 11) is 0. The van der Waals surface area contributed by atoms with Crippen LogP contribution in [0, 0.1) is 23.1 Å². The van der Waals surface area contributed by atoms with Gasteiger partial charge in [0.25, 0.3) is 0 Å². The Kier molecular flexibility index (Phi) is 4.33. The number of hydrogen-bond acceptors (Lipinski definition) is 2. The molecule has 96 valence electrons. The Morgan fingerprint density at radius 2 is 2.28 bits per heavy atom. The van der Waals surface area contributed by atoms with Gasteiger partial charge in [-0.2, -0.15) is 5.26 Å². The molecule has 1 unspecified atom stereocenters. The minimum absolute atomic E-state index is 0.289. The number of nitrogens with one attached hydrogen (secondary N) is 1. The second-order valence-corrected chi connectivity index (χ2v) is 5.08. The van der Waals surface area contributed by atoms with E-state index < -0.39 is 0 Å². The topological polar surface area (TPSA) is 35.8 Å². The van der Waals surface area contributed by atoms with Crippen molar-refractivity contribution in [3.8, 4) is 6.07 Å². The van der Waals surface area contributed by atoms with Gasteiger partial charge in [-0.05, 0) is 30.9 Å². The van der Waals surface area contributed by atoms with E-state index in [0.717, 1.165) is 12.3 Å². The quantitative estimate of drug-likeness (QED) is 0.835. The molecule has 0 saturated heterocycles. The third-order valence-electron chi connectivity index (χ3n) is 3.57. The van der Waals surface area contributed by atoms with Gasteiger partial charge in [-0.3, -0.25) is 0 Å². The molecule has 0 heterocycles. The van der Waals surface area contributed by atoms with Gasteiger partial charge in [0.15, 0.2) is 0 Å². The highest BCUT2D eigenvalue weighted by Crippen LogP contribution is 2.34. The first kappa shape index (κ1) is 13.0. The maximum Gasteiger partial charge on any atom is 0.129 e. The number of halogens is 1. The molecule has 0 aliphatic heterocycles. The molecule has 2 nitrogen and oxygen atoms in total. The Bertz CT molecular complexity index is 446. The summed E-state index contributed by atoms with van der Waals surface area (Å²) >= 11 is 0. The van der Waals surface area contributed by atoms with Gasteiger partial charge in [-0.1, -0.05) is 25.8 Å². The minimum atomic E-state index is -0.289. The summed E-state index contributed by atoms with van der Waals surface area (Å²) < 4.78 is 13.7. The van der Waals surface area contributed by atoms with Crippen molar-refractivity contribution in [1.82, 2.24) is 5.32 Å². The highest BCUT2D eigenvalue weighted by atomic mass is 19.1. The van der Waals surface area contributed by atoms with Crippen LogP contribution in [0.1, 0.15) is 43.7 Å². The Labute approximate surface area is 108 Å². The fourth-order valence-electron chi connectivity index (χ4n) is 2.16. The van der Waals surface area contributed by atoms with Crippen molar-refractivity contribution in [3.05, 3.63) is 35.1 Å². The number of nitriles is 1. The average molecular weight is 246 g/mol. The molecule has 0 bridgehead atoms. The van der Waals surface area contributed by atoms with E-state index in [-0.39, 0.29) is 5.82 Å². The first-order valence-corrected chi connectivity index (χ1v) is 6.64. The highest BCUT2D eigenvalue weighted by Gasteiger charge is 2.24. The van der Waals surface area contributed by atoms with Crippen molar-refractivity contribution in [3.63, 3.8) is 0 Å². The number of benzene rings is 1. The average Bonchev–Trinajstić information content (AvgIpc) is 3.19. The van der Waals surface area contributed by atoms with Gasteiger partial charge in [-0.25, -0.2) is 4.39 Å². The smallest absolute Gasteiger partial charge is 0.129 e. The van der Waals surface area contributed by atoms with Crippen LogP contribution in [0.25, 0.3) is 0 Å². The lowest BCUT2D eigenvalue weighted by Gasteiger charge is -2.16. The number of hydrogen-bond donors (Lipinski definition) is 1. The summed E-state index contributed by atoms with van der Waals surface area (Å²) in [4.78, 5) is 0. The molecule has 0 amide bonds. The van der Waals surface area contributed by atoms with Crippen LogP contribution < -0.4 is 5.32 Å². The Hall–Kier alpha value is -1.40. The van der Waals surface area contributed by atoms with E-state index in [4.69, 9.17) is 5.26 Å². The van der Waals surface area contributed by atoms with Gasteiger partial charge >= 0.3 is 0 Å². The lowest BCUT2D eigenvalue weighted by molar-refractivity contribution is 0.439. The van der Waals surface area contributed by atoms with Crippen molar-refractivity contribution < 1.29 is 4.39 Å². The second-order valence-electron chi connectivity index (χ2n) is 5.08. The maximum absolute atomic E-state index is 13.7. The molecule has 1 atom stereocenters. The third-order valence-corrected chi connectivity index (χ3v) is 3.57. The van der Waals surface area contributed by atoms with Crippen molar-refractivity contribution in [1.29, 1.82) is 5.26 Å². The van der Waals surface area contributed by atoms with Gasteiger partial charge in [0, 0.05) is 18.2 Å². The van der Waals surface area contributed by atoms with Gasteiger partial charge in [0.05, 0.1) is 11.6 Å². The molecule has 1 fully saturated rings. The van der Waals surface area contributed by atoms with Gasteiger partial charge < -0.3 is 5.32 Å². The van der Waals surface area contributed by atoms with E-state index >= 15 is 0 Å². The summed E-state index contributed by atoms with van der Waals surface area (Å²) in [5.41, 5.74) is 1.02. The molecule has 3 heteroatoms. The van der Waals surface area contributed by atoms with Gasteiger partial charge in [0.2, 0.25) is 0 Å². The van der Waals surface area contributed by atoms with E-state index in [2.05, 4.69) is 12.2 Å². The molecule has 1 saturated carbocycles. The second kappa shape index (κ2) is 5.97. The van der Waals surface area contributed by atoms with E-state index in [1.165, 1.54) is 25.3 Å². The maximum atomic E-state index is 13.7. The number of rotatable bonds is 6.